The highest BCUT2D eigenvalue weighted by Crippen LogP contribution is 2.17. The number of hydrogen-bond acceptors (Lipinski definition) is 6. The van der Waals surface area contributed by atoms with Crippen LogP contribution in [0.25, 0.3) is 0 Å². The lowest BCUT2D eigenvalue weighted by Gasteiger charge is -2.18. The first-order valence-electron chi connectivity index (χ1n) is 26.7. The highest BCUT2D eigenvalue weighted by molar-refractivity contribution is 5.71. The third-order valence-corrected chi connectivity index (χ3v) is 12.0. The van der Waals surface area contributed by atoms with E-state index in [4.69, 9.17) is 14.2 Å². The topological polar surface area (TPSA) is 78.9 Å². The van der Waals surface area contributed by atoms with Crippen molar-refractivity contribution in [1.82, 2.24) is 0 Å². The minimum atomic E-state index is -0.766. The van der Waals surface area contributed by atoms with Gasteiger partial charge in [0.2, 0.25) is 0 Å². The Hall–Kier alpha value is -1.85. The van der Waals surface area contributed by atoms with Crippen molar-refractivity contribution in [3.63, 3.8) is 0 Å². The van der Waals surface area contributed by atoms with Crippen molar-refractivity contribution in [3.8, 4) is 0 Å². The summed E-state index contributed by atoms with van der Waals surface area (Å²) in [5, 5.41) is 0. The zero-order valence-electron chi connectivity index (χ0n) is 40.5. The van der Waals surface area contributed by atoms with E-state index in [-0.39, 0.29) is 31.1 Å². The first-order valence-corrected chi connectivity index (χ1v) is 26.7. The second-order valence-corrected chi connectivity index (χ2v) is 18.2. The fourth-order valence-electron chi connectivity index (χ4n) is 7.95. The number of esters is 3. The van der Waals surface area contributed by atoms with Crippen LogP contribution in [0.4, 0.5) is 0 Å². The quantitative estimate of drug-likeness (QED) is 0.0263. The third-order valence-electron chi connectivity index (χ3n) is 12.0. The maximum atomic E-state index is 12.7. The van der Waals surface area contributed by atoms with Gasteiger partial charge in [-0.15, -0.1) is 0 Å². The van der Waals surface area contributed by atoms with Gasteiger partial charge in [0.25, 0.3) is 0 Å². The molecular weight excluding hydrogens is 745 g/mol. The molecule has 0 amide bonds. The zero-order valence-corrected chi connectivity index (χ0v) is 40.5. The van der Waals surface area contributed by atoms with Gasteiger partial charge in [0.1, 0.15) is 13.2 Å². The minimum absolute atomic E-state index is 0.0683. The molecule has 6 nitrogen and oxygen atoms in total. The van der Waals surface area contributed by atoms with Crippen LogP contribution in [0, 0.1) is 0 Å². The number of ether oxygens (including phenoxy) is 3. The molecule has 0 saturated carbocycles. The Morgan fingerprint density at radius 1 is 0.317 bits per heavy atom. The molecule has 6 heteroatoms. The number of rotatable bonds is 49. The molecule has 0 saturated heterocycles. The summed E-state index contributed by atoms with van der Waals surface area (Å²) in [6, 6.07) is 0. The summed E-state index contributed by atoms with van der Waals surface area (Å²) >= 11 is 0. The SMILES string of the molecule is CCCC/C=C\CCCCCCCC(=O)OC(COC(=O)CCCCCCCCCCCC)COC(=O)CCCCCCCCCCCCCCCCCCCCCCC. The maximum Gasteiger partial charge on any atom is 0.306 e. The molecule has 0 fully saturated rings. The molecule has 0 aromatic rings. The van der Waals surface area contributed by atoms with E-state index in [0.29, 0.717) is 19.3 Å². The molecule has 0 heterocycles. The smallest absolute Gasteiger partial charge is 0.306 e. The van der Waals surface area contributed by atoms with Crippen molar-refractivity contribution in [2.45, 2.75) is 303 Å². The summed E-state index contributed by atoms with van der Waals surface area (Å²) in [6.07, 6.45) is 55.0. The molecule has 354 valence electrons. The van der Waals surface area contributed by atoms with Crippen molar-refractivity contribution in [2.75, 3.05) is 13.2 Å². The summed E-state index contributed by atoms with van der Waals surface area (Å²) in [4.78, 5) is 37.9. The van der Waals surface area contributed by atoms with Gasteiger partial charge >= 0.3 is 17.9 Å². The van der Waals surface area contributed by atoms with Crippen LogP contribution < -0.4 is 0 Å². The number of carbonyl (C=O) groups is 3. The van der Waals surface area contributed by atoms with E-state index in [0.717, 1.165) is 64.2 Å². The molecule has 0 bridgehead atoms. The van der Waals surface area contributed by atoms with E-state index in [1.165, 1.54) is 193 Å². The molecule has 0 aliphatic heterocycles. The van der Waals surface area contributed by atoms with Crippen LogP contribution in [0.3, 0.4) is 0 Å². The molecule has 0 aliphatic rings. The van der Waals surface area contributed by atoms with E-state index in [9.17, 15) is 14.4 Å². The van der Waals surface area contributed by atoms with Gasteiger partial charge in [-0.3, -0.25) is 14.4 Å². The van der Waals surface area contributed by atoms with E-state index >= 15 is 0 Å². The van der Waals surface area contributed by atoms with Crippen LogP contribution in [0.2, 0.25) is 0 Å². The Bertz CT molecular complexity index is 931. The number of allylic oxidation sites excluding steroid dienone is 2. The predicted octanol–water partition coefficient (Wildman–Crippen LogP) is 17.4. The molecule has 0 rings (SSSR count). The number of unbranched alkanes of at least 4 members (excludes halogenated alkanes) is 36. The molecule has 0 spiro atoms. The van der Waals surface area contributed by atoms with Gasteiger partial charge in [-0.25, -0.2) is 0 Å². The minimum Gasteiger partial charge on any atom is -0.462 e. The standard InChI is InChI=1S/C54H102O6/c1-4-7-10-13-16-19-22-23-24-25-26-27-28-29-30-31-33-35-38-41-44-47-53(56)59-50-51(49-58-52(55)46-43-40-37-34-21-18-15-12-9-6-3)60-54(57)48-45-42-39-36-32-20-17-14-11-8-5-2/h14,17,51H,4-13,15-16,18-50H2,1-3H3/b17-14-. The van der Waals surface area contributed by atoms with Gasteiger partial charge in [-0.1, -0.05) is 251 Å². The first kappa shape index (κ1) is 58.1. The normalized spacial score (nSPS) is 12.0. The highest BCUT2D eigenvalue weighted by Gasteiger charge is 2.19. The van der Waals surface area contributed by atoms with Crippen LogP contribution in [0.1, 0.15) is 297 Å². The van der Waals surface area contributed by atoms with Crippen LogP contribution >= 0.6 is 0 Å². The van der Waals surface area contributed by atoms with Gasteiger partial charge in [0.05, 0.1) is 0 Å². The molecule has 0 radical (unpaired) electrons. The van der Waals surface area contributed by atoms with Gasteiger partial charge in [0, 0.05) is 19.3 Å². The lowest BCUT2D eigenvalue weighted by atomic mass is 10.0. The Kier molecular flexibility index (Phi) is 48.3. The molecule has 0 N–H and O–H groups in total. The van der Waals surface area contributed by atoms with E-state index in [2.05, 4.69) is 32.9 Å². The van der Waals surface area contributed by atoms with E-state index in [1.54, 1.807) is 0 Å². The van der Waals surface area contributed by atoms with Crippen LogP contribution in [-0.4, -0.2) is 37.2 Å². The summed E-state index contributed by atoms with van der Waals surface area (Å²) in [5.74, 6) is -0.863. The molecule has 60 heavy (non-hydrogen) atoms. The van der Waals surface area contributed by atoms with Crippen LogP contribution in [-0.2, 0) is 28.6 Å². The Balaban J connectivity index is 4.18. The van der Waals surface area contributed by atoms with Crippen molar-refractivity contribution < 1.29 is 28.6 Å². The summed E-state index contributed by atoms with van der Waals surface area (Å²) in [7, 11) is 0. The molecular formula is C54H102O6. The Labute approximate surface area is 373 Å². The molecule has 1 unspecified atom stereocenters. The van der Waals surface area contributed by atoms with Crippen molar-refractivity contribution in [2.24, 2.45) is 0 Å². The fourth-order valence-corrected chi connectivity index (χ4v) is 7.95. The second kappa shape index (κ2) is 49.8. The van der Waals surface area contributed by atoms with Crippen LogP contribution in [0.15, 0.2) is 12.2 Å². The lowest BCUT2D eigenvalue weighted by Crippen LogP contribution is -2.30. The second-order valence-electron chi connectivity index (χ2n) is 18.2. The summed E-state index contributed by atoms with van der Waals surface area (Å²) in [5.41, 5.74) is 0. The third kappa shape index (κ3) is 47.2. The van der Waals surface area contributed by atoms with Crippen molar-refractivity contribution >= 4 is 17.9 Å². The van der Waals surface area contributed by atoms with Crippen LogP contribution in [0.5, 0.6) is 0 Å². The van der Waals surface area contributed by atoms with E-state index < -0.39 is 6.10 Å². The maximum absolute atomic E-state index is 12.7. The summed E-state index contributed by atoms with van der Waals surface area (Å²) in [6.45, 7) is 6.62. The average Bonchev–Trinajstić information content (AvgIpc) is 3.24. The summed E-state index contributed by atoms with van der Waals surface area (Å²) < 4.78 is 16.8. The average molecular weight is 847 g/mol. The Morgan fingerprint density at radius 2 is 0.567 bits per heavy atom. The van der Waals surface area contributed by atoms with Crippen molar-refractivity contribution in [3.05, 3.63) is 12.2 Å². The highest BCUT2D eigenvalue weighted by atomic mass is 16.6. The lowest BCUT2D eigenvalue weighted by molar-refractivity contribution is -0.167. The molecule has 1 atom stereocenters. The number of hydrogen-bond donors (Lipinski definition) is 0. The predicted molar refractivity (Wildman–Crippen MR) is 256 cm³/mol. The monoisotopic (exact) mass is 847 g/mol. The van der Waals surface area contributed by atoms with Gasteiger partial charge in [-0.05, 0) is 38.5 Å². The van der Waals surface area contributed by atoms with Gasteiger partial charge < -0.3 is 14.2 Å². The zero-order chi connectivity index (χ0) is 43.7. The van der Waals surface area contributed by atoms with Crippen molar-refractivity contribution in [1.29, 1.82) is 0 Å². The van der Waals surface area contributed by atoms with E-state index in [1.807, 2.05) is 0 Å². The largest absolute Gasteiger partial charge is 0.462 e. The fraction of sp³-hybridized carbons (Fsp3) is 0.907. The number of carbonyl (C=O) groups excluding carboxylic acids is 3. The molecule has 0 aromatic carbocycles. The van der Waals surface area contributed by atoms with Gasteiger partial charge in [0.15, 0.2) is 6.10 Å². The Morgan fingerprint density at radius 3 is 0.883 bits per heavy atom. The van der Waals surface area contributed by atoms with Gasteiger partial charge in [-0.2, -0.15) is 0 Å². The first-order chi connectivity index (χ1) is 29.5. The molecule has 0 aliphatic carbocycles. The molecule has 0 aromatic heterocycles.